The Hall–Kier alpha value is -0.960. The zero-order valence-electron chi connectivity index (χ0n) is 10.6. The van der Waals surface area contributed by atoms with Crippen LogP contribution in [0.1, 0.15) is 30.9 Å². The van der Waals surface area contributed by atoms with Crippen LogP contribution in [-0.4, -0.2) is 12.7 Å². The summed E-state index contributed by atoms with van der Waals surface area (Å²) < 4.78 is 32.3. The molecule has 1 aliphatic carbocycles. The van der Waals surface area contributed by atoms with E-state index in [-0.39, 0.29) is 6.10 Å². The lowest BCUT2D eigenvalue weighted by Gasteiger charge is -2.31. The highest BCUT2D eigenvalue weighted by Crippen LogP contribution is 2.35. The van der Waals surface area contributed by atoms with Gasteiger partial charge in [0.2, 0.25) is 0 Å². The van der Waals surface area contributed by atoms with E-state index in [1.54, 1.807) is 0 Å². The second-order valence-electron chi connectivity index (χ2n) is 5.76. The number of hydrogen-bond donors (Lipinski definition) is 0. The summed E-state index contributed by atoms with van der Waals surface area (Å²) in [6, 6.07) is 2.71. The van der Waals surface area contributed by atoms with Gasteiger partial charge in [-0.25, -0.2) is 8.78 Å². The summed E-state index contributed by atoms with van der Waals surface area (Å²) in [7, 11) is 0. The summed E-state index contributed by atoms with van der Waals surface area (Å²) in [6.45, 7) is 3.02. The van der Waals surface area contributed by atoms with E-state index in [9.17, 15) is 8.78 Å². The molecule has 0 aromatic heterocycles. The Morgan fingerprint density at radius 1 is 1.06 bits per heavy atom. The fourth-order valence-electron chi connectivity index (χ4n) is 3.18. The molecule has 1 fully saturated rings. The average molecular weight is 252 g/mol. The van der Waals surface area contributed by atoms with E-state index in [1.165, 1.54) is 18.6 Å². The van der Waals surface area contributed by atoms with E-state index in [2.05, 4.69) is 6.92 Å². The monoisotopic (exact) mass is 252 g/mol. The molecular weight excluding hydrogens is 234 g/mol. The van der Waals surface area contributed by atoms with Crippen molar-refractivity contribution in [2.75, 3.05) is 6.61 Å². The number of halogens is 2. The molecule has 1 aliphatic heterocycles. The van der Waals surface area contributed by atoms with Crippen LogP contribution in [0.4, 0.5) is 8.78 Å². The number of fused-ring (bicyclic) bond motifs is 1. The van der Waals surface area contributed by atoms with Crippen molar-refractivity contribution in [2.45, 2.75) is 38.7 Å². The molecule has 0 amide bonds. The van der Waals surface area contributed by atoms with Crippen molar-refractivity contribution in [1.29, 1.82) is 0 Å². The van der Waals surface area contributed by atoms with Gasteiger partial charge in [0.1, 0.15) is 0 Å². The highest BCUT2D eigenvalue weighted by atomic mass is 19.2. The largest absolute Gasteiger partial charge is 0.378 e. The topological polar surface area (TPSA) is 9.23 Å². The number of benzene rings is 1. The lowest BCUT2D eigenvalue weighted by molar-refractivity contribution is -0.0410. The first-order chi connectivity index (χ1) is 8.63. The molecular formula is C15H18F2O. The molecule has 2 atom stereocenters. The molecule has 2 unspecified atom stereocenters. The maximum Gasteiger partial charge on any atom is 0.159 e. The SMILES string of the molecule is CC1CCC(C2Cc3cc(F)c(F)cc3C2)OC1. The highest BCUT2D eigenvalue weighted by molar-refractivity contribution is 5.34. The minimum absolute atomic E-state index is 0.264. The van der Waals surface area contributed by atoms with Gasteiger partial charge in [-0.1, -0.05) is 6.92 Å². The minimum atomic E-state index is -0.729. The fraction of sp³-hybridized carbons (Fsp3) is 0.600. The zero-order chi connectivity index (χ0) is 12.7. The highest BCUT2D eigenvalue weighted by Gasteiger charge is 2.32. The van der Waals surface area contributed by atoms with E-state index in [4.69, 9.17) is 4.74 Å². The van der Waals surface area contributed by atoms with Crippen molar-refractivity contribution >= 4 is 0 Å². The minimum Gasteiger partial charge on any atom is -0.378 e. The van der Waals surface area contributed by atoms with Crippen LogP contribution in [0.5, 0.6) is 0 Å². The van der Waals surface area contributed by atoms with Crippen molar-refractivity contribution in [3.63, 3.8) is 0 Å². The van der Waals surface area contributed by atoms with Crippen molar-refractivity contribution in [2.24, 2.45) is 11.8 Å². The Bertz CT molecular complexity index is 419. The Balaban J connectivity index is 1.73. The molecule has 3 rings (SSSR count). The molecule has 0 saturated carbocycles. The number of rotatable bonds is 1. The van der Waals surface area contributed by atoms with Crippen LogP contribution < -0.4 is 0 Å². The van der Waals surface area contributed by atoms with Crippen LogP contribution in [0.25, 0.3) is 0 Å². The van der Waals surface area contributed by atoms with Gasteiger partial charge in [0, 0.05) is 6.61 Å². The second kappa shape index (κ2) is 4.61. The predicted molar refractivity (Wildman–Crippen MR) is 65.4 cm³/mol. The van der Waals surface area contributed by atoms with Gasteiger partial charge in [-0.15, -0.1) is 0 Å². The molecule has 0 bridgehead atoms. The lowest BCUT2D eigenvalue weighted by atomic mass is 9.90. The molecule has 0 radical (unpaired) electrons. The van der Waals surface area contributed by atoms with Gasteiger partial charge in [0.05, 0.1) is 6.10 Å². The van der Waals surface area contributed by atoms with E-state index >= 15 is 0 Å². The summed E-state index contributed by atoms with van der Waals surface area (Å²) in [5, 5.41) is 0. The molecule has 2 aliphatic rings. The zero-order valence-corrected chi connectivity index (χ0v) is 10.6. The normalized spacial score (nSPS) is 28.4. The third-order valence-corrected chi connectivity index (χ3v) is 4.27. The van der Waals surface area contributed by atoms with E-state index in [0.29, 0.717) is 11.8 Å². The van der Waals surface area contributed by atoms with Crippen LogP contribution >= 0.6 is 0 Å². The quantitative estimate of drug-likeness (QED) is 0.743. The average Bonchev–Trinajstić information content (AvgIpc) is 2.73. The molecule has 1 nitrogen and oxygen atoms in total. The Morgan fingerprint density at radius 3 is 2.17 bits per heavy atom. The van der Waals surface area contributed by atoms with E-state index in [0.717, 1.165) is 37.0 Å². The molecule has 98 valence electrons. The van der Waals surface area contributed by atoms with Gasteiger partial charge < -0.3 is 4.74 Å². The third kappa shape index (κ3) is 2.16. The first kappa shape index (κ1) is 12.1. The van der Waals surface area contributed by atoms with Crippen molar-refractivity contribution in [3.8, 4) is 0 Å². The standard InChI is InChI=1S/C15H18F2O/c1-9-2-3-15(18-8-9)12-4-10-6-13(16)14(17)7-11(10)5-12/h6-7,9,12,15H,2-5,8H2,1H3. The maximum atomic E-state index is 13.2. The summed E-state index contributed by atoms with van der Waals surface area (Å²) >= 11 is 0. The first-order valence-electron chi connectivity index (χ1n) is 6.72. The molecule has 1 heterocycles. The lowest BCUT2D eigenvalue weighted by Crippen LogP contribution is -2.31. The Labute approximate surface area is 106 Å². The molecule has 1 aromatic rings. The summed E-state index contributed by atoms with van der Waals surface area (Å²) in [6.07, 6.45) is 4.18. The van der Waals surface area contributed by atoms with Crippen molar-refractivity contribution in [3.05, 3.63) is 34.9 Å². The van der Waals surface area contributed by atoms with Gasteiger partial charge in [0.25, 0.3) is 0 Å². The van der Waals surface area contributed by atoms with Gasteiger partial charge in [-0.05, 0) is 60.8 Å². The van der Waals surface area contributed by atoms with Crippen LogP contribution in [0.3, 0.4) is 0 Å². The summed E-state index contributed by atoms with van der Waals surface area (Å²) in [4.78, 5) is 0. The van der Waals surface area contributed by atoms with E-state index < -0.39 is 11.6 Å². The third-order valence-electron chi connectivity index (χ3n) is 4.27. The molecule has 18 heavy (non-hydrogen) atoms. The predicted octanol–water partition coefficient (Wildman–Crippen LogP) is 3.49. The molecule has 0 N–H and O–H groups in total. The Morgan fingerprint density at radius 2 is 1.67 bits per heavy atom. The van der Waals surface area contributed by atoms with Crippen LogP contribution in [0, 0.1) is 23.5 Å². The van der Waals surface area contributed by atoms with Gasteiger partial charge >= 0.3 is 0 Å². The molecule has 1 aromatic carbocycles. The van der Waals surface area contributed by atoms with Gasteiger partial charge in [-0.2, -0.15) is 0 Å². The Kier molecular flexibility index (Phi) is 3.10. The molecule has 0 spiro atoms. The van der Waals surface area contributed by atoms with Crippen LogP contribution in [0.15, 0.2) is 12.1 Å². The van der Waals surface area contributed by atoms with E-state index in [1.807, 2.05) is 0 Å². The van der Waals surface area contributed by atoms with Crippen molar-refractivity contribution in [1.82, 2.24) is 0 Å². The second-order valence-corrected chi connectivity index (χ2v) is 5.76. The molecule has 1 saturated heterocycles. The smallest absolute Gasteiger partial charge is 0.159 e. The van der Waals surface area contributed by atoms with Gasteiger partial charge in [0.15, 0.2) is 11.6 Å². The first-order valence-corrected chi connectivity index (χ1v) is 6.72. The number of ether oxygens (including phenoxy) is 1. The fourth-order valence-corrected chi connectivity index (χ4v) is 3.18. The summed E-state index contributed by atoms with van der Waals surface area (Å²) in [5.41, 5.74) is 1.92. The maximum absolute atomic E-state index is 13.2. The molecule has 3 heteroatoms. The van der Waals surface area contributed by atoms with Crippen molar-refractivity contribution < 1.29 is 13.5 Å². The summed E-state index contributed by atoms with van der Waals surface area (Å²) in [5.74, 6) is -0.422. The van der Waals surface area contributed by atoms with Crippen LogP contribution in [-0.2, 0) is 17.6 Å². The van der Waals surface area contributed by atoms with Crippen LogP contribution in [0.2, 0.25) is 0 Å². The van der Waals surface area contributed by atoms with Gasteiger partial charge in [-0.3, -0.25) is 0 Å². The number of hydrogen-bond acceptors (Lipinski definition) is 1.